The molecule has 0 aliphatic rings. The monoisotopic (exact) mass is 546 g/mol. The molecule has 0 spiro atoms. The number of imidazole rings is 1. The summed E-state index contributed by atoms with van der Waals surface area (Å²) in [6, 6.07) is 20.9. The molecule has 212 valence electrons. The van der Waals surface area contributed by atoms with Crippen molar-refractivity contribution in [1.29, 1.82) is 0 Å². The van der Waals surface area contributed by atoms with Crippen LogP contribution in [0.2, 0.25) is 0 Å². The van der Waals surface area contributed by atoms with Crippen LogP contribution in [-0.4, -0.2) is 19.3 Å². The molecule has 0 saturated heterocycles. The van der Waals surface area contributed by atoms with Crippen molar-refractivity contribution in [2.45, 2.75) is 73.1 Å². The average molecular weight is 547 g/mol. The van der Waals surface area contributed by atoms with E-state index in [-0.39, 0.29) is 10.8 Å². The fourth-order valence-corrected chi connectivity index (χ4v) is 5.79. The van der Waals surface area contributed by atoms with E-state index in [9.17, 15) is 0 Å². The second kappa shape index (κ2) is 10.4. The molecule has 5 nitrogen and oxygen atoms in total. The van der Waals surface area contributed by atoms with Gasteiger partial charge in [0, 0.05) is 47.5 Å². The Morgan fingerprint density at radius 2 is 1.37 bits per heavy atom. The molecule has 0 aliphatic heterocycles. The Morgan fingerprint density at radius 3 is 1.95 bits per heavy atom. The van der Waals surface area contributed by atoms with Crippen molar-refractivity contribution in [2.24, 2.45) is 7.05 Å². The second-order valence-electron chi connectivity index (χ2n) is 13.2. The van der Waals surface area contributed by atoms with Crippen molar-refractivity contribution >= 4 is 0 Å². The van der Waals surface area contributed by atoms with E-state index in [1.165, 1.54) is 33.5 Å². The highest BCUT2D eigenvalue weighted by molar-refractivity contribution is 5.78. The van der Waals surface area contributed by atoms with Gasteiger partial charge in [0.1, 0.15) is 17.3 Å². The Bertz CT molecular complexity index is 1700. The number of aromatic nitrogens is 4. The lowest BCUT2D eigenvalue weighted by atomic mass is 9.79. The third kappa shape index (κ3) is 5.58. The first-order valence-corrected chi connectivity index (χ1v) is 14.3. The van der Waals surface area contributed by atoms with Gasteiger partial charge in [0.25, 0.3) is 0 Å². The van der Waals surface area contributed by atoms with E-state index in [0.717, 1.165) is 34.3 Å². The molecule has 41 heavy (non-hydrogen) atoms. The molecule has 0 unspecified atom stereocenters. The summed E-state index contributed by atoms with van der Waals surface area (Å²) in [5.41, 5.74) is 10.4. The third-order valence-electron chi connectivity index (χ3n) is 7.44. The molecule has 3 aromatic carbocycles. The largest absolute Gasteiger partial charge is 0.457 e. The number of hydrogen-bond donors (Lipinski definition) is 0. The van der Waals surface area contributed by atoms with Crippen LogP contribution in [0.3, 0.4) is 0 Å². The highest BCUT2D eigenvalue weighted by Crippen LogP contribution is 2.44. The normalized spacial score (nSPS) is 12.1. The van der Waals surface area contributed by atoms with Gasteiger partial charge in [0.15, 0.2) is 0 Å². The Morgan fingerprint density at radius 1 is 0.732 bits per heavy atom. The van der Waals surface area contributed by atoms with Gasteiger partial charge in [-0.15, -0.1) is 0 Å². The minimum atomic E-state index is -0.164. The summed E-state index contributed by atoms with van der Waals surface area (Å²) in [6.07, 6.45) is 3.76. The zero-order valence-electron chi connectivity index (χ0n) is 26.1. The number of benzene rings is 3. The SMILES string of the molecule is Cc1cc(C)c(-c2c(C(C)(C)C)nn(-c3cccc(Oc4cccc(-c5nccn5C)c4)c3)c2C(C)(C)C)c(C)c1. The van der Waals surface area contributed by atoms with Crippen molar-refractivity contribution in [1.82, 2.24) is 19.3 Å². The van der Waals surface area contributed by atoms with Crippen molar-refractivity contribution in [3.8, 4) is 39.7 Å². The summed E-state index contributed by atoms with van der Waals surface area (Å²) < 4.78 is 10.6. The number of aryl methyl sites for hydroxylation is 4. The van der Waals surface area contributed by atoms with E-state index >= 15 is 0 Å². The Balaban J connectivity index is 1.65. The molecule has 0 bridgehead atoms. The van der Waals surface area contributed by atoms with Crippen LogP contribution in [0.4, 0.5) is 0 Å². The molecule has 0 saturated carbocycles. The topological polar surface area (TPSA) is 44.9 Å². The van der Waals surface area contributed by atoms with E-state index in [1.54, 1.807) is 0 Å². The van der Waals surface area contributed by atoms with E-state index in [2.05, 4.69) is 102 Å². The highest BCUT2D eigenvalue weighted by atomic mass is 16.5. The van der Waals surface area contributed by atoms with Crippen LogP contribution in [0.5, 0.6) is 11.5 Å². The van der Waals surface area contributed by atoms with Crippen molar-refractivity contribution < 1.29 is 4.74 Å². The molecular formula is C36H42N4O. The molecule has 0 aliphatic carbocycles. The summed E-state index contributed by atoms with van der Waals surface area (Å²) in [7, 11) is 2.00. The summed E-state index contributed by atoms with van der Waals surface area (Å²) in [5.74, 6) is 2.43. The van der Waals surface area contributed by atoms with Crippen LogP contribution in [0.25, 0.3) is 28.2 Å². The van der Waals surface area contributed by atoms with E-state index < -0.39 is 0 Å². The van der Waals surface area contributed by atoms with E-state index in [1.807, 2.05) is 54.3 Å². The summed E-state index contributed by atoms with van der Waals surface area (Å²) >= 11 is 0. The van der Waals surface area contributed by atoms with Crippen LogP contribution in [0.1, 0.15) is 69.6 Å². The lowest BCUT2D eigenvalue weighted by Crippen LogP contribution is -2.19. The zero-order valence-corrected chi connectivity index (χ0v) is 26.1. The van der Waals surface area contributed by atoms with Crippen LogP contribution >= 0.6 is 0 Å². The van der Waals surface area contributed by atoms with Crippen molar-refractivity contribution in [2.75, 3.05) is 0 Å². The molecule has 2 aromatic heterocycles. The molecule has 5 heteroatoms. The van der Waals surface area contributed by atoms with E-state index in [0.29, 0.717) is 0 Å². The average Bonchev–Trinajstić information content (AvgIpc) is 3.48. The smallest absolute Gasteiger partial charge is 0.139 e. The van der Waals surface area contributed by atoms with Gasteiger partial charge < -0.3 is 9.30 Å². The van der Waals surface area contributed by atoms with Gasteiger partial charge in [-0.25, -0.2) is 9.67 Å². The lowest BCUT2D eigenvalue weighted by molar-refractivity contribution is 0.481. The van der Waals surface area contributed by atoms with Gasteiger partial charge in [-0.1, -0.05) is 77.4 Å². The Labute approximate surface area is 244 Å². The van der Waals surface area contributed by atoms with Crippen LogP contribution < -0.4 is 4.74 Å². The molecule has 0 fully saturated rings. The molecule has 0 radical (unpaired) electrons. The number of ether oxygens (including phenoxy) is 1. The Kier molecular flexibility index (Phi) is 7.19. The molecule has 2 heterocycles. The van der Waals surface area contributed by atoms with Crippen molar-refractivity contribution in [3.63, 3.8) is 0 Å². The van der Waals surface area contributed by atoms with Gasteiger partial charge in [-0.3, -0.25) is 0 Å². The lowest BCUT2D eigenvalue weighted by Gasteiger charge is -2.26. The maximum atomic E-state index is 6.41. The van der Waals surface area contributed by atoms with Crippen LogP contribution in [0, 0.1) is 20.8 Å². The Hall–Kier alpha value is -4.12. The molecule has 5 rings (SSSR count). The molecule has 0 amide bonds. The van der Waals surface area contributed by atoms with Crippen LogP contribution in [-0.2, 0) is 17.9 Å². The molecule has 0 N–H and O–H groups in total. The van der Waals surface area contributed by atoms with Crippen molar-refractivity contribution in [3.05, 3.63) is 101 Å². The predicted molar refractivity (Wildman–Crippen MR) is 169 cm³/mol. The van der Waals surface area contributed by atoms with Crippen LogP contribution in [0.15, 0.2) is 73.1 Å². The number of rotatable bonds is 5. The zero-order chi connectivity index (χ0) is 29.7. The maximum absolute atomic E-state index is 6.41. The maximum Gasteiger partial charge on any atom is 0.139 e. The summed E-state index contributed by atoms with van der Waals surface area (Å²) in [5, 5.41) is 5.35. The van der Waals surface area contributed by atoms with Gasteiger partial charge in [-0.2, -0.15) is 5.10 Å². The van der Waals surface area contributed by atoms with Gasteiger partial charge in [-0.05, 0) is 61.7 Å². The second-order valence-corrected chi connectivity index (χ2v) is 13.2. The molecule has 5 aromatic rings. The van der Waals surface area contributed by atoms with Gasteiger partial charge in [0.2, 0.25) is 0 Å². The number of nitrogens with zero attached hydrogens (tertiary/aromatic N) is 4. The summed E-state index contributed by atoms with van der Waals surface area (Å²) in [6.45, 7) is 20.2. The van der Waals surface area contributed by atoms with Gasteiger partial charge >= 0.3 is 0 Å². The fraction of sp³-hybridized carbons (Fsp3) is 0.333. The minimum Gasteiger partial charge on any atom is -0.457 e. The standard InChI is InChI=1S/C36H42N4O/c1-23-19-24(2)30(25(3)20-23)31-32(35(4,5)6)38-40(33(31)36(7,8)9)27-14-12-16-29(22-27)41-28-15-11-13-26(21-28)34-37-17-18-39(34)10/h11-22H,1-10H3. The first kappa shape index (κ1) is 28.4. The highest BCUT2D eigenvalue weighted by Gasteiger charge is 2.34. The van der Waals surface area contributed by atoms with E-state index in [4.69, 9.17) is 9.84 Å². The number of hydrogen-bond acceptors (Lipinski definition) is 3. The fourth-order valence-electron chi connectivity index (χ4n) is 5.79. The third-order valence-corrected chi connectivity index (χ3v) is 7.44. The minimum absolute atomic E-state index is 0.149. The van der Waals surface area contributed by atoms with Gasteiger partial charge in [0.05, 0.1) is 17.1 Å². The quantitative estimate of drug-likeness (QED) is 0.221. The molecule has 0 atom stereocenters. The molecular weight excluding hydrogens is 504 g/mol. The predicted octanol–water partition coefficient (Wildman–Crippen LogP) is 9.25. The first-order chi connectivity index (χ1) is 19.2. The summed E-state index contributed by atoms with van der Waals surface area (Å²) in [4.78, 5) is 4.49. The first-order valence-electron chi connectivity index (χ1n) is 14.3.